The lowest BCUT2D eigenvalue weighted by molar-refractivity contribution is -0.120. The summed E-state index contributed by atoms with van der Waals surface area (Å²) in [5, 5.41) is 5.92. The number of nitrogens with zero attached hydrogens (tertiary/aromatic N) is 2. The molecule has 0 saturated carbocycles. The van der Waals surface area contributed by atoms with Crippen LogP contribution in [0.1, 0.15) is 24.8 Å². The first kappa shape index (κ1) is 19.0. The molecule has 140 valence electrons. The molecular weight excluding hydrogens is 370 g/mol. The third kappa shape index (κ3) is 4.31. The van der Waals surface area contributed by atoms with Crippen molar-refractivity contribution in [1.82, 2.24) is 9.29 Å². The van der Waals surface area contributed by atoms with Crippen LogP contribution in [0.4, 0.5) is 5.69 Å². The number of aryl methyl sites for hydroxylation is 1. The zero-order valence-corrected chi connectivity index (χ0v) is 16.6. The lowest BCUT2D eigenvalue weighted by Crippen LogP contribution is -2.44. The zero-order valence-electron chi connectivity index (χ0n) is 14.9. The number of hydrogen-bond donors (Lipinski definition) is 1. The fourth-order valence-electron chi connectivity index (χ4n) is 3.09. The van der Waals surface area contributed by atoms with E-state index < -0.39 is 10.0 Å². The molecule has 3 rings (SSSR count). The molecule has 1 aromatic heterocycles. The van der Waals surface area contributed by atoms with Crippen LogP contribution >= 0.6 is 11.3 Å². The van der Waals surface area contributed by atoms with Crippen LogP contribution < -0.4 is 5.32 Å². The highest BCUT2D eigenvalue weighted by Gasteiger charge is 2.31. The summed E-state index contributed by atoms with van der Waals surface area (Å²) in [4.78, 5) is 17.1. The van der Waals surface area contributed by atoms with Crippen molar-refractivity contribution >= 4 is 33.0 Å². The molecule has 1 fully saturated rings. The summed E-state index contributed by atoms with van der Waals surface area (Å²) in [5.41, 5.74) is 2.54. The van der Waals surface area contributed by atoms with Gasteiger partial charge in [0, 0.05) is 29.7 Å². The second-order valence-electron chi connectivity index (χ2n) is 6.42. The Kier molecular flexibility index (Phi) is 5.74. The highest BCUT2D eigenvalue weighted by molar-refractivity contribution is 7.89. The van der Waals surface area contributed by atoms with Crippen molar-refractivity contribution in [3.05, 3.63) is 34.7 Å². The minimum absolute atomic E-state index is 0.0659. The van der Waals surface area contributed by atoms with Crippen LogP contribution in [-0.2, 0) is 14.8 Å². The molecule has 1 aromatic carbocycles. The number of benzene rings is 1. The molecule has 0 radical (unpaired) electrons. The van der Waals surface area contributed by atoms with Crippen LogP contribution in [0, 0.1) is 12.8 Å². The maximum atomic E-state index is 12.6. The lowest BCUT2D eigenvalue weighted by atomic mass is 9.98. The lowest BCUT2D eigenvalue weighted by Gasteiger charge is -2.30. The van der Waals surface area contributed by atoms with Crippen molar-refractivity contribution < 1.29 is 13.2 Å². The van der Waals surface area contributed by atoms with E-state index in [4.69, 9.17) is 0 Å². The minimum atomic E-state index is -3.25. The molecule has 2 aromatic rings. The molecule has 1 N–H and O–H groups in total. The van der Waals surface area contributed by atoms with Gasteiger partial charge in [0.25, 0.3) is 0 Å². The number of carbonyl (C=O) groups is 1. The number of anilines is 1. The summed E-state index contributed by atoms with van der Waals surface area (Å²) in [6, 6.07) is 7.58. The summed E-state index contributed by atoms with van der Waals surface area (Å²) >= 11 is 1.59. The Morgan fingerprint density at radius 1 is 1.42 bits per heavy atom. The standard InChI is InChI=1S/C18H23N3O3S2/c1-3-26(23,24)21-9-5-7-15(11-21)18(22)20-16-8-4-6-14(10-16)17-12-25-13(2)19-17/h4,6,8,10,12,15H,3,5,7,9,11H2,1-2H3,(H,20,22). The Morgan fingerprint density at radius 3 is 2.92 bits per heavy atom. The van der Waals surface area contributed by atoms with Gasteiger partial charge in [-0.1, -0.05) is 12.1 Å². The number of hydrogen-bond acceptors (Lipinski definition) is 5. The van der Waals surface area contributed by atoms with E-state index in [9.17, 15) is 13.2 Å². The van der Waals surface area contributed by atoms with Crippen LogP contribution in [0.2, 0.25) is 0 Å². The molecular formula is C18H23N3O3S2. The van der Waals surface area contributed by atoms with Gasteiger partial charge in [-0.3, -0.25) is 4.79 Å². The topological polar surface area (TPSA) is 79.4 Å². The van der Waals surface area contributed by atoms with Crippen LogP contribution in [0.3, 0.4) is 0 Å². The molecule has 0 spiro atoms. The first-order chi connectivity index (χ1) is 12.4. The molecule has 1 saturated heterocycles. The van der Waals surface area contributed by atoms with Crippen LogP contribution in [0.25, 0.3) is 11.3 Å². The number of nitrogens with one attached hydrogen (secondary N) is 1. The average Bonchev–Trinajstić information content (AvgIpc) is 3.08. The number of thiazole rings is 1. The SMILES string of the molecule is CCS(=O)(=O)N1CCCC(C(=O)Nc2cccc(-c3csc(C)n3)c2)C1. The Hall–Kier alpha value is -1.77. The van der Waals surface area contributed by atoms with E-state index in [1.807, 2.05) is 36.6 Å². The largest absolute Gasteiger partial charge is 0.326 e. The highest BCUT2D eigenvalue weighted by atomic mass is 32.2. The van der Waals surface area contributed by atoms with Gasteiger partial charge in [0.1, 0.15) is 0 Å². The Morgan fingerprint density at radius 2 is 2.23 bits per heavy atom. The second-order valence-corrected chi connectivity index (χ2v) is 9.74. The zero-order chi connectivity index (χ0) is 18.7. The molecule has 6 nitrogen and oxygen atoms in total. The Labute approximate surface area is 158 Å². The van der Waals surface area contributed by atoms with Crippen molar-refractivity contribution in [2.75, 3.05) is 24.2 Å². The second kappa shape index (κ2) is 7.85. The number of rotatable bonds is 5. The van der Waals surface area contributed by atoms with E-state index in [1.165, 1.54) is 4.31 Å². The van der Waals surface area contributed by atoms with Gasteiger partial charge < -0.3 is 5.32 Å². The van der Waals surface area contributed by atoms with E-state index >= 15 is 0 Å². The third-order valence-electron chi connectivity index (χ3n) is 4.56. The Balaban J connectivity index is 1.70. The summed E-state index contributed by atoms with van der Waals surface area (Å²) in [6.45, 7) is 4.34. The van der Waals surface area contributed by atoms with Crippen molar-refractivity contribution in [2.24, 2.45) is 5.92 Å². The van der Waals surface area contributed by atoms with Gasteiger partial charge in [0.05, 0.1) is 22.4 Å². The van der Waals surface area contributed by atoms with Gasteiger partial charge >= 0.3 is 0 Å². The predicted octanol–water partition coefficient (Wildman–Crippen LogP) is 3.12. The van der Waals surface area contributed by atoms with Crippen LogP contribution in [0.15, 0.2) is 29.6 Å². The fraction of sp³-hybridized carbons (Fsp3) is 0.444. The van der Waals surface area contributed by atoms with Gasteiger partial charge in [0.2, 0.25) is 15.9 Å². The van der Waals surface area contributed by atoms with Gasteiger partial charge in [-0.2, -0.15) is 0 Å². The van der Waals surface area contributed by atoms with Gasteiger partial charge in [0.15, 0.2) is 0 Å². The van der Waals surface area contributed by atoms with Gasteiger partial charge in [-0.25, -0.2) is 17.7 Å². The number of sulfonamides is 1. The molecule has 2 heterocycles. The minimum Gasteiger partial charge on any atom is -0.326 e. The Bertz CT molecular complexity index is 893. The fourth-order valence-corrected chi connectivity index (χ4v) is 4.89. The maximum Gasteiger partial charge on any atom is 0.228 e. The molecule has 0 bridgehead atoms. The first-order valence-corrected chi connectivity index (χ1v) is 11.2. The maximum absolute atomic E-state index is 12.6. The first-order valence-electron chi connectivity index (χ1n) is 8.70. The van der Waals surface area contributed by atoms with Crippen LogP contribution in [-0.4, -0.2) is 42.5 Å². The number of carbonyl (C=O) groups excluding carboxylic acids is 1. The van der Waals surface area contributed by atoms with Crippen LogP contribution in [0.5, 0.6) is 0 Å². The summed E-state index contributed by atoms with van der Waals surface area (Å²) in [6.07, 6.45) is 1.40. The van der Waals surface area contributed by atoms with Gasteiger partial charge in [-0.05, 0) is 38.8 Å². The molecule has 1 amide bonds. The normalized spacial score (nSPS) is 18.6. The van der Waals surface area contributed by atoms with E-state index in [0.717, 1.165) is 16.3 Å². The monoisotopic (exact) mass is 393 g/mol. The molecule has 1 aliphatic heterocycles. The van der Waals surface area contributed by atoms with Crippen molar-refractivity contribution in [3.63, 3.8) is 0 Å². The summed E-state index contributed by atoms with van der Waals surface area (Å²) < 4.78 is 25.6. The third-order valence-corrected chi connectivity index (χ3v) is 7.18. The average molecular weight is 394 g/mol. The van der Waals surface area contributed by atoms with Crippen molar-refractivity contribution in [1.29, 1.82) is 0 Å². The molecule has 0 aliphatic carbocycles. The van der Waals surface area contributed by atoms with E-state index in [1.54, 1.807) is 18.3 Å². The molecule has 1 aliphatic rings. The highest BCUT2D eigenvalue weighted by Crippen LogP contribution is 2.25. The predicted molar refractivity (Wildman–Crippen MR) is 105 cm³/mol. The van der Waals surface area contributed by atoms with E-state index in [-0.39, 0.29) is 24.1 Å². The molecule has 26 heavy (non-hydrogen) atoms. The summed E-state index contributed by atoms with van der Waals surface area (Å²) in [7, 11) is -3.25. The number of aromatic nitrogens is 1. The molecule has 8 heteroatoms. The van der Waals surface area contributed by atoms with Crippen molar-refractivity contribution in [3.8, 4) is 11.3 Å². The number of piperidine rings is 1. The smallest absolute Gasteiger partial charge is 0.228 e. The quantitative estimate of drug-likeness (QED) is 0.846. The molecule has 1 atom stereocenters. The van der Waals surface area contributed by atoms with Crippen molar-refractivity contribution in [2.45, 2.75) is 26.7 Å². The number of amides is 1. The van der Waals surface area contributed by atoms with E-state index in [2.05, 4.69) is 10.3 Å². The molecule has 1 unspecified atom stereocenters. The van der Waals surface area contributed by atoms with E-state index in [0.29, 0.717) is 25.1 Å². The summed E-state index contributed by atoms with van der Waals surface area (Å²) in [5.74, 6) is -0.390. The van der Waals surface area contributed by atoms with Gasteiger partial charge in [-0.15, -0.1) is 11.3 Å².